The van der Waals surface area contributed by atoms with Crippen LogP contribution in [0.4, 0.5) is 0 Å². The number of aliphatic hydroxyl groups excluding tert-OH is 1. The van der Waals surface area contributed by atoms with Crippen molar-refractivity contribution in [2.24, 2.45) is 0 Å². The monoisotopic (exact) mass is 371 g/mol. The van der Waals surface area contributed by atoms with Crippen molar-refractivity contribution in [2.75, 3.05) is 6.61 Å². The SMILES string of the molecule is Cc1ccc(Cn2c(=N)n(C(CO)c3ccc(C)cc3)c3ccccc32)cc1. The van der Waals surface area contributed by atoms with E-state index >= 15 is 0 Å². The molecule has 1 atom stereocenters. The summed E-state index contributed by atoms with van der Waals surface area (Å²) in [5.41, 5.74) is 6.91. The van der Waals surface area contributed by atoms with E-state index in [2.05, 4.69) is 31.2 Å². The standard InChI is InChI=1S/C24H25N3O/c1-17-7-11-19(12-8-17)15-26-21-5-3-4-6-22(21)27(24(26)25)23(16-28)20-13-9-18(2)10-14-20/h3-14,23,25,28H,15-16H2,1-2H3. The molecule has 0 amide bonds. The smallest absolute Gasteiger partial charge is 0.203 e. The van der Waals surface area contributed by atoms with Crippen molar-refractivity contribution >= 4 is 11.0 Å². The zero-order valence-corrected chi connectivity index (χ0v) is 16.3. The maximum absolute atomic E-state index is 10.2. The second kappa shape index (κ2) is 7.49. The molecule has 0 radical (unpaired) electrons. The number of benzene rings is 3. The van der Waals surface area contributed by atoms with E-state index in [1.807, 2.05) is 64.6 Å². The third-order valence-electron chi connectivity index (χ3n) is 5.32. The summed E-state index contributed by atoms with van der Waals surface area (Å²) in [4.78, 5) is 0. The van der Waals surface area contributed by atoms with E-state index < -0.39 is 0 Å². The molecule has 0 fully saturated rings. The molecule has 1 unspecified atom stereocenters. The van der Waals surface area contributed by atoms with Gasteiger partial charge in [0, 0.05) is 0 Å². The summed E-state index contributed by atoms with van der Waals surface area (Å²) in [6, 6.07) is 24.3. The van der Waals surface area contributed by atoms with E-state index in [9.17, 15) is 5.11 Å². The van der Waals surface area contributed by atoms with Gasteiger partial charge in [0.15, 0.2) is 0 Å². The Hall–Kier alpha value is -3.11. The first-order chi connectivity index (χ1) is 13.6. The lowest BCUT2D eigenvalue weighted by Crippen LogP contribution is -2.30. The van der Waals surface area contributed by atoms with Gasteiger partial charge < -0.3 is 14.2 Å². The lowest BCUT2D eigenvalue weighted by Gasteiger charge is -2.18. The Morgan fingerprint density at radius 1 is 0.821 bits per heavy atom. The highest BCUT2D eigenvalue weighted by molar-refractivity contribution is 5.76. The van der Waals surface area contributed by atoms with E-state index in [1.165, 1.54) is 11.1 Å². The molecule has 142 valence electrons. The second-order valence-corrected chi connectivity index (χ2v) is 7.36. The van der Waals surface area contributed by atoms with Crippen molar-refractivity contribution in [2.45, 2.75) is 26.4 Å². The molecule has 0 aliphatic rings. The van der Waals surface area contributed by atoms with Crippen LogP contribution in [-0.4, -0.2) is 20.8 Å². The number of imidazole rings is 1. The highest BCUT2D eigenvalue weighted by Gasteiger charge is 2.19. The predicted molar refractivity (Wildman–Crippen MR) is 112 cm³/mol. The molecule has 0 spiro atoms. The van der Waals surface area contributed by atoms with Gasteiger partial charge in [0.25, 0.3) is 0 Å². The average Bonchev–Trinajstić information content (AvgIpc) is 2.98. The van der Waals surface area contributed by atoms with Crippen LogP contribution in [0.3, 0.4) is 0 Å². The van der Waals surface area contributed by atoms with Crippen LogP contribution in [0.5, 0.6) is 0 Å². The number of hydrogen-bond donors (Lipinski definition) is 2. The molecule has 4 aromatic rings. The molecule has 0 saturated carbocycles. The maximum Gasteiger partial charge on any atom is 0.203 e. The van der Waals surface area contributed by atoms with Crippen molar-refractivity contribution in [1.82, 2.24) is 9.13 Å². The van der Waals surface area contributed by atoms with Gasteiger partial charge in [-0.2, -0.15) is 0 Å². The highest BCUT2D eigenvalue weighted by atomic mass is 16.3. The molecule has 0 saturated heterocycles. The summed E-state index contributed by atoms with van der Waals surface area (Å²) in [6.07, 6.45) is 0. The minimum atomic E-state index is -0.294. The highest BCUT2D eigenvalue weighted by Crippen LogP contribution is 2.23. The Labute approximate surface area is 164 Å². The fourth-order valence-corrected chi connectivity index (χ4v) is 3.73. The van der Waals surface area contributed by atoms with E-state index in [4.69, 9.17) is 5.41 Å². The van der Waals surface area contributed by atoms with Crippen LogP contribution >= 0.6 is 0 Å². The molecule has 4 heteroatoms. The number of para-hydroxylation sites is 2. The van der Waals surface area contributed by atoms with Crippen LogP contribution < -0.4 is 5.62 Å². The van der Waals surface area contributed by atoms with Gasteiger partial charge >= 0.3 is 0 Å². The van der Waals surface area contributed by atoms with Crippen LogP contribution in [0.1, 0.15) is 28.3 Å². The van der Waals surface area contributed by atoms with Gasteiger partial charge in [-0.15, -0.1) is 0 Å². The van der Waals surface area contributed by atoms with Gasteiger partial charge in [-0.05, 0) is 37.1 Å². The minimum absolute atomic E-state index is 0.0574. The Morgan fingerprint density at radius 3 is 2.00 bits per heavy atom. The fraction of sp³-hybridized carbons (Fsp3) is 0.208. The third kappa shape index (κ3) is 3.27. The number of aryl methyl sites for hydroxylation is 2. The van der Waals surface area contributed by atoms with Gasteiger partial charge in [0.2, 0.25) is 5.62 Å². The second-order valence-electron chi connectivity index (χ2n) is 7.36. The Morgan fingerprint density at radius 2 is 1.39 bits per heavy atom. The number of aromatic nitrogens is 2. The van der Waals surface area contributed by atoms with Crippen LogP contribution in [0, 0.1) is 19.3 Å². The number of rotatable bonds is 5. The number of fused-ring (bicyclic) bond motifs is 1. The molecule has 3 aromatic carbocycles. The zero-order valence-electron chi connectivity index (χ0n) is 16.3. The summed E-state index contributed by atoms with van der Waals surface area (Å²) in [5, 5.41) is 19.1. The van der Waals surface area contributed by atoms with Crippen molar-refractivity contribution < 1.29 is 5.11 Å². The topological polar surface area (TPSA) is 53.9 Å². The minimum Gasteiger partial charge on any atom is -0.394 e. The molecule has 4 rings (SSSR count). The van der Waals surface area contributed by atoms with E-state index in [0.717, 1.165) is 22.2 Å². The average molecular weight is 371 g/mol. The summed E-state index contributed by atoms with van der Waals surface area (Å²) in [7, 11) is 0. The quantitative estimate of drug-likeness (QED) is 0.544. The molecular weight excluding hydrogens is 346 g/mol. The predicted octanol–water partition coefficient (Wildman–Crippen LogP) is 4.17. The number of nitrogens with zero attached hydrogens (tertiary/aromatic N) is 2. The van der Waals surface area contributed by atoms with Crippen LogP contribution in [0.2, 0.25) is 0 Å². The Balaban J connectivity index is 1.87. The molecular formula is C24H25N3O. The number of aliphatic hydroxyl groups is 1. The molecule has 1 aromatic heterocycles. The third-order valence-corrected chi connectivity index (χ3v) is 5.32. The van der Waals surface area contributed by atoms with Crippen molar-refractivity contribution in [1.29, 1.82) is 5.41 Å². The molecule has 0 bridgehead atoms. The Kier molecular flexibility index (Phi) is 4.88. The first kappa shape index (κ1) is 18.3. The normalized spacial score (nSPS) is 12.4. The maximum atomic E-state index is 10.2. The van der Waals surface area contributed by atoms with Gasteiger partial charge in [-0.3, -0.25) is 5.41 Å². The molecule has 28 heavy (non-hydrogen) atoms. The van der Waals surface area contributed by atoms with Crippen molar-refractivity contribution in [3.8, 4) is 0 Å². The van der Waals surface area contributed by atoms with E-state index in [0.29, 0.717) is 12.2 Å². The summed E-state index contributed by atoms with van der Waals surface area (Å²) < 4.78 is 3.95. The van der Waals surface area contributed by atoms with Gasteiger partial charge in [-0.1, -0.05) is 71.8 Å². The van der Waals surface area contributed by atoms with E-state index in [-0.39, 0.29) is 12.6 Å². The fourth-order valence-electron chi connectivity index (χ4n) is 3.73. The first-order valence-electron chi connectivity index (χ1n) is 9.56. The largest absolute Gasteiger partial charge is 0.394 e. The zero-order chi connectivity index (χ0) is 19.7. The number of hydrogen-bond acceptors (Lipinski definition) is 2. The van der Waals surface area contributed by atoms with Crippen molar-refractivity contribution in [3.63, 3.8) is 0 Å². The molecule has 1 heterocycles. The van der Waals surface area contributed by atoms with Gasteiger partial charge in [-0.25, -0.2) is 0 Å². The van der Waals surface area contributed by atoms with Crippen LogP contribution in [-0.2, 0) is 6.54 Å². The first-order valence-corrected chi connectivity index (χ1v) is 9.56. The van der Waals surface area contributed by atoms with Gasteiger partial charge in [0.05, 0.1) is 30.2 Å². The molecule has 0 aliphatic heterocycles. The van der Waals surface area contributed by atoms with Crippen LogP contribution in [0.15, 0.2) is 72.8 Å². The summed E-state index contributed by atoms with van der Waals surface area (Å²) in [6.45, 7) is 4.69. The Bertz CT molecular complexity index is 1150. The lowest BCUT2D eigenvalue weighted by molar-refractivity contribution is 0.247. The molecule has 4 nitrogen and oxygen atoms in total. The van der Waals surface area contributed by atoms with Crippen LogP contribution in [0.25, 0.3) is 11.0 Å². The summed E-state index contributed by atoms with van der Waals surface area (Å²) >= 11 is 0. The molecule has 2 N–H and O–H groups in total. The molecule has 0 aliphatic carbocycles. The van der Waals surface area contributed by atoms with Crippen molar-refractivity contribution in [3.05, 3.63) is 101 Å². The number of nitrogens with one attached hydrogen (secondary N) is 1. The van der Waals surface area contributed by atoms with Gasteiger partial charge in [0.1, 0.15) is 0 Å². The lowest BCUT2D eigenvalue weighted by atomic mass is 10.1. The summed E-state index contributed by atoms with van der Waals surface area (Å²) in [5.74, 6) is 0. The van der Waals surface area contributed by atoms with E-state index in [1.54, 1.807) is 0 Å².